The normalized spacial score (nSPS) is 14.5. The molecule has 0 bridgehead atoms. The highest BCUT2D eigenvalue weighted by Crippen LogP contribution is 2.29. The third-order valence-electron chi connectivity index (χ3n) is 3.58. The zero-order valence-electron chi connectivity index (χ0n) is 12.1. The van der Waals surface area contributed by atoms with E-state index in [4.69, 9.17) is 0 Å². The second kappa shape index (κ2) is 6.89. The number of halogens is 1. The lowest BCUT2D eigenvalue weighted by Gasteiger charge is -2.30. The molecule has 102 valence electrons. The highest BCUT2D eigenvalue weighted by molar-refractivity contribution is 5.27. The van der Waals surface area contributed by atoms with Crippen molar-refractivity contribution >= 4 is 0 Å². The molecule has 1 rings (SSSR count). The highest BCUT2D eigenvalue weighted by atomic mass is 19.1. The molecule has 0 aromatic heterocycles. The largest absolute Gasteiger partial charge is 0.316 e. The SMILES string of the molecule is CCCC(C)(CNCC)Cc1ccc(F)cc1C. The van der Waals surface area contributed by atoms with E-state index in [9.17, 15) is 4.39 Å². The van der Waals surface area contributed by atoms with Gasteiger partial charge in [-0.05, 0) is 55.0 Å². The Labute approximate surface area is 111 Å². The second-order valence-electron chi connectivity index (χ2n) is 5.59. The third-order valence-corrected chi connectivity index (χ3v) is 3.58. The first kappa shape index (κ1) is 15.2. The lowest BCUT2D eigenvalue weighted by atomic mass is 9.78. The second-order valence-corrected chi connectivity index (χ2v) is 5.59. The average molecular weight is 251 g/mol. The van der Waals surface area contributed by atoms with Crippen LogP contribution in [0.1, 0.15) is 44.7 Å². The smallest absolute Gasteiger partial charge is 0.123 e. The highest BCUT2D eigenvalue weighted by Gasteiger charge is 2.23. The number of hydrogen-bond donors (Lipinski definition) is 1. The Morgan fingerprint density at radius 3 is 2.56 bits per heavy atom. The summed E-state index contributed by atoms with van der Waals surface area (Å²) in [7, 11) is 0. The number of benzene rings is 1. The quantitative estimate of drug-likeness (QED) is 0.769. The van der Waals surface area contributed by atoms with Crippen molar-refractivity contribution in [1.82, 2.24) is 5.32 Å². The van der Waals surface area contributed by atoms with Crippen molar-refractivity contribution in [1.29, 1.82) is 0 Å². The molecular formula is C16H26FN. The maximum absolute atomic E-state index is 13.1. The molecule has 1 aromatic carbocycles. The molecule has 0 saturated heterocycles. The van der Waals surface area contributed by atoms with Gasteiger partial charge in [-0.1, -0.05) is 33.3 Å². The number of nitrogens with one attached hydrogen (secondary N) is 1. The summed E-state index contributed by atoms with van der Waals surface area (Å²) in [5.74, 6) is -0.139. The van der Waals surface area contributed by atoms with E-state index < -0.39 is 0 Å². The summed E-state index contributed by atoms with van der Waals surface area (Å²) in [6.45, 7) is 10.7. The summed E-state index contributed by atoms with van der Waals surface area (Å²) in [5.41, 5.74) is 2.59. The van der Waals surface area contributed by atoms with Gasteiger partial charge < -0.3 is 5.32 Å². The van der Waals surface area contributed by atoms with Crippen molar-refractivity contribution in [3.05, 3.63) is 35.1 Å². The molecule has 0 radical (unpaired) electrons. The Kier molecular flexibility index (Phi) is 5.80. The van der Waals surface area contributed by atoms with Gasteiger partial charge >= 0.3 is 0 Å². The van der Waals surface area contributed by atoms with Crippen LogP contribution in [0.5, 0.6) is 0 Å². The van der Waals surface area contributed by atoms with E-state index in [0.717, 1.165) is 25.1 Å². The Bertz CT molecular complexity index is 375. The zero-order valence-corrected chi connectivity index (χ0v) is 12.1. The minimum absolute atomic E-state index is 0.139. The molecule has 0 saturated carbocycles. The van der Waals surface area contributed by atoms with E-state index >= 15 is 0 Å². The van der Waals surface area contributed by atoms with Gasteiger partial charge in [0.1, 0.15) is 5.82 Å². The fourth-order valence-corrected chi connectivity index (χ4v) is 2.59. The van der Waals surface area contributed by atoms with Gasteiger partial charge in [0.25, 0.3) is 0 Å². The minimum atomic E-state index is -0.139. The molecule has 0 spiro atoms. The molecule has 1 unspecified atom stereocenters. The van der Waals surface area contributed by atoms with Crippen LogP contribution < -0.4 is 5.32 Å². The van der Waals surface area contributed by atoms with E-state index in [-0.39, 0.29) is 11.2 Å². The maximum Gasteiger partial charge on any atom is 0.123 e. The van der Waals surface area contributed by atoms with Crippen molar-refractivity contribution in [3.63, 3.8) is 0 Å². The van der Waals surface area contributed by atoms with Gasteiger partial charge in [0.05, 0.1) is 0 Å². The molecule has 0 heterocycles. The van der Waals surface area contributed by atoms with E-state index in [1.54, 1.807) is 12.1 Å². The molecule has 1 aromatic rings. The van der Waals surface area contributed by atoms with E-state index in [2.05, 4.69) is 26.1 Å². The van der Waals surface area contributed by atoms with Crippen LogP contribution in [-0.2, 0) is 6.42 Å². The fourth-order valence-electron chi connectivity index (χ4n) is 2.59. The van der Waals surface area contributed by atoms with Crippen molar-refractivity contribution in [2.24, 2.45) is 5.41 Å². The Hall–Kier alpha value is -0.890. The molecule has 1 atom stereocenters. The third kappa shape index (κ3) is 4.41. The topological polar surface area (TPSA) is 12.0 Å². The van der Waals surface area contributed by atoms with Crippen LogP contribution >= 0.6 is 0 Å². The fraction of sp³-hybridized carbons (Fsp3) is 0.625. The molecule has 1 N–H and O–H groups in total. The van der Waals surface area contributed by atoms with Gasteiger partial charge in [-0.25, -0.2) is 4.39 Å². The first-order valence-corrected chi connectivity index (χ1v) is 6.96. The lowest BCUT2D eigenvalue weighted by molar-refractivity contribution is 0.277. The van der Waals surface area contributed by atoms with E-state index in [1.165, 1.54) is 18.4 Å². The molecule has 0 aliphatic rings. The average Bonchev–Trinajstić information content (AvgIpc) is 2.31. The summed E-state index contributed by atoms with van der Waals surface area (Å²) in [6, 6.07) is 5.14. The summed E-state index contributed by atoms with van der Waals surface area (Å²) < 4.78 is 13.1. The van der Waals surface area contributed by atoms with Crippen LogP contribution in [0, 0.1) is 18.2 Å². The van der Waals surface area contributed by atoms with Crippen LogP contribution in [0.4, 0.5) is 4.39 Å². The van der Waals surface area contributed by atoms with Gasteiger partial charge in [0.2, 0.25) is 0 Å². The Morgan fingerprint density at radius 2 is 2.00 bits per heavy atom. The van der Waals surface area contributed by atoms with Crippen molar-refractivity contribution in [2.45, 2.75) is 47.0 Å². The molecule has 0 aliphatic heterocycles. The van der Waals surface area contributed by atoms with Gasteiger partial charge in [0.15, 0.2) is 0 Å². The number of hydrogen-bond acceptors (Lipinski definition) is 1. The summed E-state index contributed by atoms with van der Waals surface area (Å²) in [5, 5.41) is 3.45. The van der Waals surface area contributed by atoms with Crippen molar-refractivity contribution in [3.8, 4) is 0 Å². The number of rotatable bonds is 7. The van der Waals surface area contributed by atoms with Crippen LogP contribution in [0.25, 0.3) is 0 Å². The molecule has 0 fully saturated rings. The monoisotopic (exact) mass is 251 g/mol. The minimum Gasteiger partial charge on any atom is -0.316 e. The van der Waals surface area contributed by atoms with Crippen LogP contribution in [-0.4, -0.2) is 13.1 Å². The van der Waals surface area contributed by atoms with Gasteiger partial charge in [0, 0.05) is 6.54 Å². The molecule has 18 heavy (non-hydrogen) atoms. The molecule has 0 amide bonds. The number of aryl methyl sites for hydroxylation is 1. The predicted molar refractivity (Wildman–Crippen MR) is 76.4 cm³/mol. The molecule has 2 heteroatoms. The van der Waals surface area contributed by atoms with Crippen molar-refractivity contribution < 1.29 is 4.39 Å². The molecular weight excluding hydrogens is 225 g/mol. The molecule has 1 nitrogen and oxygen atoms in total. The van der Waals surface area contributed by atoms with Crippen molar-refractivity contribution in [2.75, 3.05) is 13.1 Å². The van der Waals surface area contributed by atoms with Gasteiger partial charge in [-0.15, -0.1) is 0 Å². The van der Waals surface area contributed by atoms with Crippen LogP contribution in [0.3, 0.4) is 0 Å². The standard InChI is InChI=1S/C16H26FN/c1-5-9-16(4,12-18-6-2)11-14-7-8-15(17)10-13(14)3/h7-8,10,18H,5-6,9,11-12H2,1-4H3. The van der Waals surface area contributed by atoms with E-state index in [1.807, 2.05) is 13.0 Å². The summed E-state index contributed by atoms with van der Waals surface area (Å²) >= 11 is 0. The van der Waals surface area contributed by atoms with Gasteiger partial charge in [-0.3, -0.25) is 0 Å². The van der Waals surface area contributed by atoms with Crippen LogP contribution in [0.2, 0.25) is 0 Å². The first-order valence-electron chi connectivity index (χ1n) is 6.96. The summed E-state index contributed by atoms with van der Waals surface area (Å²) in [6.07, 6.45) is 3.39. The van der Waals surface area contributed by atoms with Gasteiger partial charge in [-0.2, -0.15) is 0 Å². The Balaban J connectivity index is 2.81. The van der Waals surface area contributed by atoms with E-state index in [0.29, 0.717) is 0 Å². The molecule has 0 aliphatic carbocycles. The lowest BCUT2D eigenvalue weighted by Crippen LogP contribution is -2.33. The summed E-state index contributed by atoms with van der Waals surface area (Å²) in [4.78, 5) is 0. The maximum atomic E-state index is 13.1. The Morgan fingerprint density at radius 1 is 1.28 bits per heavy atom. The predicted octanol–water partition coefficient (Wildman–Crippen LogP) is 4.09. The first-order chi connectivity index (χ1) is 8.50. The van der Waals surface area contributed by atoms with Crippen LogP contribution in [0.15, 0.2) is 18.2 Å². The zero-order chi connectivity index (χ0) is 13.6.